The Morgan fingerprint density at radius 3 is 2.92 bits per heavy atom. The van der Waals surface area contributed by atoms with Gasteiger partial charge >= 0.3 is 0 Å². The van der Waals surface area contributed by atoms with Gasteiger partial charge in [-0.1, -0.05) is 6.07 Å². The first-order valence-electron chi connectivity index (χ1n) is 9.67. The minimum Gasteiger partial charge on any atom is -0.348 e. The number of nitrogens with zero attached hydrogens (tertiary/aromatic N) is 3. The highest BCUT2D eigenvalue weighted by molar-refractivity contribution is 5.82. The SMILES string of the molecule is Cn1c(CCC2CCCN2C(=O)CNC2CC2)cc2ccc(C#N)cc21. The lowest BCUT2D eigenvalue weighted by atomic mass is 10.1. The van der Waals surface area contributed by atoms with Gasteiger partial charge < -0.3 is 14.8 Å². The molecule has 1 aliphatic heterocycles. The molecule has 2 heterocycles. The molecule has 2 aromatic rings. The molecule has 2 fully saturated rings. The Balaban J connectivity index is 1.41. The Hall–Kier alpha value is -2.32. The third-order valence-corrected chi connectivity index (χ3v) is 5.82. The van der Waals surface area contributed by atoms with Crippen LogP contribution in [0.3, 0.4) is 0 Å². The van der Waals surface area contributed by atoms with Crippen molar-refractivity contribution >= 4 is 16.8 Å². The summed E-state index contributed by atoms with van der Waals surface area (Å²) in [5.41, 5.74) is 3.07. The zero-order chi connectivity index (χ0) is 18.1. The lowest BCUT2D eigenvalue weighted by molar-refractivity contribution is -0.131. The lowest BCUT2D eigenvalue weighted by Gasteiger charge is -2.25. The number of amides is 1. The molecule has 4 rings (SSSR count). The molecule has 0 radical (unpaired) electrons. The van der Waals surface area contributed by atoms with Crippen molar-refractivity contribution in [2.45, 2.75) is 50.6 Å². The van der Waals surface area contributed by atoms with Gasteiger partial charge in [-0.15, -0.1) is 0 Å². The fourth-order valence-corrected chi connectivity index (χ4v) is 4.10. The highest BCUT2D eigenvalue weighted by Crippen LogP contribution is 2.25. The van der Waals surface area contributed by atoms with Crippen molar-refractivity contribution in [2.75, 3.05) is 13.1 Å². The zero-order valence-electron chi connectivity index (χ0n) is 15.4. The van der Waals surface area contributed by atoms with Gasteiger partial charge in [-0.3, -0.25) is 4.79 Å². The number of rotatable bonds is 6. The standard InChI is InChI=1S/C21H26N4O/c1-24-19(12-16-5-4-15(13-22)11-20(16)24)9-8-18-3-2-10-25(18)21(26)14-23-17-6-7-17/h4-5,11-12,17-18,23H,2-3,6-10,14H2,1H3. The van der Waals surface area contributed by atoms with E-state index >= 15 is 0 Å². The minimum atomic E-state index is 0.259. The van der Waals surface area contributed by atoms with E-state index in [0.717, 1.165) is 37.7 Å². The molecular formula is C21H26N4O. The van der Waals surface area contributed by atoms with Crippen LogP contribution in [0.5, 0.6) is 0 Å². The molecule has 1 aromatic heterocycles. The number of likely N-dealkylation sites (tertiary alicyclic amines) is 1. The average molecular weight is 350 g/mol. The van der Waals surface area contributed by atoms with Crippen molar-refractivity contribution in [3.05, 3.63) is 35.5 Å². The molecule has 0 spiro atoms. The molecule has 5 nitrogen and oxygen atoms in total. The number of nitrogens with one attached hydrogen (secondary N) is 1. The Bertz CT molecular complexity index is 859. The van der Waals surface area contributed by atoms with Gasteiger partial charge in [0.2, 0.25) is 5.91 Å². The fourth-order valence-electron chi connectivity index (χ4n) is 4.10. The van der Waals surface area contributed by atoms with E-state index in [1.165, 1.54) is 23.9 Å². The Labute approximate surface area is 154 Å². The van der Waals surface area contributed by atoms with Crippen LogP contribution in [0, 0.1) is 11.3 Å². The van der Waals surface area contributed by atoms with Crippen molar-refractivity contribution in [2.24, 2.45) is 7.05 Å². The number of benzene rings is 1. The lowest BCUT2D eigenvalue weighted by Crippen LogP contribution is -2.41. The third kappa shape index (κ3) is 3.47. The van der Waals surface area contributed by atoms with E-state index < -0.39 is 0 Å². The van der Waals surface area contributed by atoms with Gasteiger partial charge in [0.15, 0.2) is 0 Å². The van der Waals surface area contributed by atoms with E-state index in [2.05, 4.69) is 34.0 Å². The number of nitriles is 1. The van der Waals surface area contributed by atoms with Crippen LogP contribution in [0.1, 0.15) is 43.4 Å². The average Bonchev–Trinajstić information content (AvgIpc) is 3.28. The van der Waals surface area contributed by atoms with Crippen LogP contribution in [0.2, 0.25) is 0 Å². The minimum absolute atomic E-state index is 0.259. The van der Waals surface area contributed by atoms with Crippen LogP contribution >= 0.6 is 0 Å². The van der Waals surface area contributed by atoms with Crippen molar-refractivity contribution < 1.29 is 4.79 Å². The van der Waals surface area contributed by atoms with Crippen LogP contribution in [0.15, 0.2) is 24.3 Å². The molecule has 1 N–H and O–H groups in total. The molecule has 26 heavy (non-hydrogen) atoms. The van der Waals surface area contributed by atoms with Gasteiger partial charge in [0.25, 0.3) is 0 Å². The number of carbonyl (C=O) groups is 1. The van der Waals surface area contributed by atoms with Crippen LogP contribution in [-0.2, 0) is 18.3 Å². The molecule has 1 unspecified atom stereocenters. The third-order valence-electron chi connectivity index (χ3n) is 5.82. The number of hydrogen-bond donors (Lipinski definition) is 1. The maximum absolute atomic E-state index is 12.5. The molecule has 1 saturated carbocycles. The first kappa shape index (κ1) is 17.1. The largest absolute Gasteiger partial charge is 0.348 e. The van der Waals surface area contributed by atoms with Crippen LogP contribution < -0.4 is 5.32 Å². The van der Waals surface area contributed by atoms with Crippen molar-refractivity contribution in [1.82, 2.24) is 14.8 Å². The van der Waals surface area contributed by atoms with Gasteiger partial charge in [-0.2, -0.15) is 5.26 Å². The summed E-state index contributed by atoms with van der Waals surface area (Å²) in [4.78, 5) is 14.6. The fraction of sp³-hybridized carbons (Fsp3) is 0.524. The van der Waals surface area contributed by atoms with Crippen LogP contribution in [0.4, 0.5) is 0 Å². The second-order valence-corrected chi connectivity index (χ2v) is 7.66. The van der Waals surface area contributed by atoms with Gasteiger partial charge in [0, 0.05) is 36.9 Å². The predicted molar refractivity (Wildman–Crippen MR) is 102 cm³/mol. The number of fused-ring (bicyclic) bond motifs is 1. The molecular weight excluding hydrogens is 324 g/mol. The van der Waals surface area contributed by atoms with Crippen molar-refractivity contribution in [1.29, 1.82) is 5.26 Å². The summed E-state index contributed by atoms with van der Waals surface area (Å²) in [7, 11) is 2.07. The second kappa shape index (κ2) is 7.13. The summed E-state index contributed by atoms with van der Waals surface area (Å²) in [5.74, 6) is 0.259. The molecule has 1 saturated heterocycles. The van der Waals surface area contributed by atoms with E-state index in [-0.39, 0.29) is 5.91 Å². The molecule has 1 aromatic carbocycles. The quantitative estimate of drug-likeness (QED) is 0.871. The van der Waals surface area contributed by atoms with Crippen LogP contribution in [-0.4, -0.2) is 40.5 Å². The monoisotopic (exact) mass is 350 g/mol. The van der Waals surface area contributed by atoms with Crippen molar-refractivity contribution in [3.63, 3.8) is 0 Å². The van der Waals surface area contributed by atoms with E-state index in [0.29, 0.717) is 24.2 Å². The number of aryl methyl sites for hydroxylation is 2. The normalized spacial score (nSPS) is 19.8. The summed E-state index contributed by atoms with van der Waals surface area (Å²) >= 11 is 0. The molecule has 2 aliphatic rings. The predicted octanol–water partition coefficient (Wildman–Crippen LogP) is 2.73. The second-order valence-electron chi connectivity index (χ2n) is 7.66. The summed E-state index contributed by atoms with van der Waals surface area (Å²) < 4.78 is 2.19. The van der Waals surface area contributed by atoms with Gasteiger partial charge in [-0.25, -0.2) is 0 Å². The van der Waals surface area contributed by atoms with E-state index in [1.807, 2.05) is 18.2 Å². The number of hydrogen-bond acceptors (Lipinski definition) is 3. The summed E-state index contributed by atoms with van der Waals surface area (Å²) in [6.07, 6.45) is 6.61. The molecule has 5 heteroatoms. The van der Waals surface area contributed by atoms with Gasteiger partial charge in [0.1, 0.15) is 0 Å². The molecule has 1 atom stereocenters. The Morgan fingerprint density at radius 1 is 1.31 bits per heavy atom. The van der Waals surface area contributed by atoms with E-state index in [4.69, 9.17) is 5.26 Å². The van der Waals surface area contributed by atoms with E-state index in [1.54, 1.807) is 0 Å². The van der Waals surface area contributed by atoms with Gasteiger partial charge in [-0.05, 0) is 62.1 Å². The van der Waals surface area contributed by atoms with E-state index in [9.17, 15) is 4.79 Å². The summed E-state index contributed by atoms with van der Waals surface area (Å²) in [5, 5.41) is 13.6. The first-order valence-corrected chi connectivity index (χ1v) is 9.67. The Morgan fingerprint density at radius 2 is 2.15 bits per heavy atom. The first-order chi connectivity index (χ1) is 12.7. The number of aromatic nitrogens is 1. The molecule has 1 aliphatic carbocycles. The molecule has 136 valence electrons. The number of carbonyl (C=O) groups excluding carboxylic acids is 1. The summed E-state index contributed by atoms with van der Waals surface area (Å²) in [6.45, 7) is 1.39. The molecule has 0 bridgehead atoms. The molecule has 1 amide bonds. The Kier molecular flexibility index (Phi) is 4.69. The summed E-state index contributed by atoms with van der Waals surface area (Å²) in [6, 6.07) is 11.2. The maximum atomic E-state index is 12.5. The highest BCUT2D eigenvalue weighted by atomic mass is 16.2. The highest BCUT2D eigenvalue weighted by Gasteiger charge is 2.29. The zero-order valence-corrected chi connectivity index (χ0v) is 15.4. The van der Waals surface area contributed by atoms with Crippen LogP contribution in [0.25, 0.3) is 10.9 Å². The smallest absolute Gasteiger partial charge is 0.236 e. The topological polar surface area (TPSA) is 61.1 Å². The van der Waals surface area contributed by atoms with Crippen molar-refractivity contribution in [3.8, 4) is 6.07 Å². The van der Waals surface area contributed by atoms with Gasteiger partial charge in [0.05, 0.1) is 18.2 Å². The maximum Gasteiger partial charge on any atom is 0.236 e.